The second kappa shape index (κ2) is 19.1. The monoisotopic (exact) mass is 650 g/mol. The van der Waals surface area contributed by atoms with Crippen LogP contribution >= 0.6 is 0 Å². The maximum absolute atomic E-state index is 12.7. The summed E-state index contributed by atoms with van der Waals surface area (Å²) in [5.41, 5.74) is -0.959. The van der Waals surface area contributed by atoms with E-state index in [9.17, 15) is 27.6 Å². The second-order valence-electron chi connectivity index (χ2n) is 11.0. The van der Waals surface area contributed by atoms with E-state index < -0.39 is 63.7 Å². The molecular weight excluding hydrogens is 596 g/mol. The van der Waals surface area contributed by atoms with Crippen molar-refractivity contribution in [3.8, 4) is 0 Å². The zero-order valence-electron chi connectivity index (χ0n) is 28.4. The van der Waals surface area contributed by atoms with Gasteiger partial charge in [-0.15, -0.1) is 0 Å². The van der Waals surface area contributed by atoms with Crippen molar-refractivity contribution < 1.29 is 56.0 Å². The average molecular weight is 651 g/mol. The molecule has 0 amide bonds. The summed E-state index contributed by atoms with van der Waals surface area (Å²) >= 11 is 0. The van der Waals surface area contributed by atoms with E-state index in [0.29, 0.717) is 12.0 Å². The highest BCUT2D eigenvalue weighted by Gasteiger charge is 2.52. The lowest BCUT2D eigenvalue weighted by atomic mass is 9.87. The van der Waals surface area contributed by atoms with Gasteiger partial charge in [-0.1, -0.05) is 53.7 Å². The number of rotatable bonds is 9. The van der Waals surface area contributed by atoms with E-state index in [1.165, 1.54) is 27.7 Å². The van der Waals surface area contributed by atoms with Crippen LogP contribution in [0, 0.1) is 11.8 Å². The summed E-state index contributed by atoms with van der Waals surface area (Å²) in [7, 11) is -3.80. The molecule has 0 bridgehead atoms. The predicted octanol–water partition coefficient (Wildman–Crippen LogP) is 4.32. The molecule has 0 aromatic carbocycles. The lowest BCUT2D eigenvalue weighted by Gasteiger charge is -2.43. The Morgan fingerprint density at radius 2 is 0.977 bits per heavy atom. The smallest absolute Gasteiger partial charge is 0.303 e. The van der Waals surface area contributed by atoms with Crippen molar-refractivity contribution in [2.45, 2.75) is 144 Å². The van der Waals surface area contributed by atoms with Crippen molar-refractivity contribution in [3.05, 3.63) is 12.2 Å². The lowest BCUT2D eigenvalue weighted by Crippen LogP contribution is -2.59. The Morgan fingerprint density at radius 1 is 0.636 bits per heavy atom. The third-order valence-electron chi connectivity index (χ3n) is 7.10. The van der Waals surface area contributed by atoms with Crippen LogP contribution in [0.25, 0.3) is 0 Å². The van der Waals surface area contributed by atoms with Gasteiger partial charge < -0.3 is 28.4 Å². The first-order chi connectivity index (χ1) is 20.4. The van der Waals surface area contributed by atoms with E-state index in [1.807, 2.05) is 41.5 Å². The number of esters is 4. The van der Waals surface area contributed by atoms with Crippen molar-refractivity contribution >= 4 is 33.7 Å². The first-order valence-corrected chi connectivity index (χ1v) is 16.9. The van der Waals surface area contributed by atoms with Crippen molar-refractivity contribution in [2.24, 2.45) is 11.8 Å². The van der Waals surface area contributed by atoms with Crippen LogP contribution < -0.4 is 0 Å². The highest BCUT2D eigenvalue weighted by molar-refractivity contribution is 7.92. The van der Waals surface area contributed by atoms with Gasteiger partial charge in [-0.2, -0.15) is 0 Å². The van der Waals surface area contributed by atoms with Crippen LogP contribution in [0.5, 0.6) is 0 Å². The highest BCUT2D eigenvalue weighted by Crippen LogP contribution is 2.35. The molecule has 12 nitrogen and oxygen atoms in total. The maximum Gasteiger partial charge on any atom is 0.303 e. The Kier molecular flexibility index (Phi) is 18.0. The minimum atomic E-state index is -3.80. The van der Waals surface area contributed by atoms with Crippen molar-refractivity contribution in [1.82, 2.24) is 0 Å². The topological polar surface area (TPSA) is 158 Å². The minimum Gasteiger partial charge on any atom is -0.458 e. The fraction of sp³-hybridized carbons (Fsp3) is 0.806. The Balaban J connectivity index is 0.000000824. The number of carbonyl (C=O) groups excluding carboxylic acids is 4. The number of hydrogen-bond donors (Lipinski definition) is 0. The standard InChI is InChI=1S/C16H26O7S.C13H22O5.C2H6/c1-7-13-10(4)14(21-11(5)17)15(22-12(6)18)16(23-13)24(19,20)8-9(2)3;1-6-11-7(2)12(17-9(4)14)13(8(3)16-11)18-10(5)15;1-2/h10,13-16H,2,7-8H2,1,3-6H3;7-8,11-13H,6H2,1-5H3;1-2H3/t10-,13-,14+,15-,16?;7-,8-,11-,12+,13+;/m11./s1. The molecule has 0 N–H and O–H groups in total. The summed E-state index contributed by atoms with van der Waals surface area (Å²) in [5.74, 6) is -2.62. The van der Waals surface area contributed by atoms with Gasteiger partial charge in [-0.25, -0.2) is 8.42 Å². The molecule has 2 saturated heterocycles. The van der Waals surface area contributed by atoms with E-state index in [-0.39, 0.29) is 35.8 Å². The zero-order chi connectivity index (χ0) is 34.5. The molecule has 2 heterocycles. The van der Waals surface area contributed by atoms with E-state index in [0.717, 1.165) is 6.42 Å². The molecule has 2 fully saturated rings. The molecule has 44 heavy (non-hydrogen) atoms. The number of hydrogen-bond acceptors (Lipinski definition) is 12. The van der Waals surface area contributed by atoms with E-state index in [4.69, 9.17) is 28.4 Å². The first-order valence-electron chi connectivity index (χ1n) is 15.2. The predicted molar refractivity (Wildman–Crippen MR) is 164 cm³/mol. The Labute approximate surface area is 263 Å². The normalized spacial score (nSPS) is 31.5. The highest BCUT2D eigenvalue weighted by atomic mass is 32.2. The summed E-state index contributed by atoms with van der Waals surface area (Å²) in [4.78, 5) is 45.2. The zero-order valence-corrected chi connectivity index (χ0v) is 29.2. The molecule has 0 spiro atoms. The van der Waals surface area contributed by atoms with Crippen LogP contribution in [0.2, 0.25) is 0 Å². The summed E-state index contributed by atoms with van der Waals surface area (Å²) in [6, 6.07) is 0. The van der Waals surface area contributed by atoms with Crippen LogP contribution in [-0.2, 0) is 57.4 Å². The average Bonchev–Trinajstić information content (AvgIpc) is 2.90. The third kappa shape index (κ3) is 12.5. The SMILES string of the molecule is C=C(C)CS(=O)(=O)C1O[C@H](CC)[C@@H](C)[C@H](OC(C)=O)[C@H]1OC(C)=O.CC.CC[C@H]1O[C@H](C)[C@H](OC(C)=O)[C@@H](OC(C)=O)[C@@H]1C. The molecule has 0 radical (unpaired) electrons. The van der Waals surface area contributed by atoms with Gasteiger partial charge in [0.25, 0.3) is 0 Å². The Hall–Kier alpha value is -2.51. The van der Waals surface area contributed by atoms with Crippen LogP contribution in [0.4, 0.5) is 0 Å². The Bertz CT molecular complexity index is 1070. The summed E-state index contributed by atoms with van der Waals surface area (Å²) < 4.78 is 57.9. The van der Waals surface area contributed by atoms with Crippen LogP contribution in [-0.4, -0.2) is 86.2 Å². The fourth-order valence-electron chi connectivity index (χ4n) is 5.35. The van der Waals surface area contributed by atoms with E-state index in [1.54, 1.807) is 13.8 Å². The van der Waals surface area contributed by atoms with E-state index >= 15 is 0 Å². The van der Waals surface area contributed by atoms with Crippen LogP contribution in [0.1, 0.15) is 95.9 Å². The molecule has 2 rings (SSSR count). The molecule has 0 aliphatic carbocycles. The molecule has 0 aromatic rings. The molecule has 0 aromatic heterocycles. The first kappa shape index (κ1) is 41.5. The molecular formula is C31H54O12S. The number of carbonyl (C=O) groups is 4. The summed E-state index contributed by atoms with van der Waals surface area (Å²) in [6.45, 7) is 23.7. The quantitative estimate of drug-likeness (QED) is 0.198. The Morgan fingerprint density at radius 3 is 1.34 bits per heavy atom. The van der Waals surface area contributed by atoms with Gasteiger partial charge in [0, 0.05) is 39.5 Å². The third-order valence-corrected chi connectivity index (χ3v) is 9.08. The van der Waals surface area contributed by atoms with Crippen LogP contribution in [0.15, 0.2) is 12.2 Å². The fourth-order valence-corrected chi connectivity index (χ4v) is 7.13. The van der Waals surface area contributed by atoms with E-state index in [2.05, 4.69) is 6.58 Å². The van der Waals surface area contributed by atoms with Crippen molar-refractivity contribution in [2.75, 3.05) is 5.75 Å². The molecule has 2 aliphatic rings. The molecule has 256 valence electrons. The van der Waals surface area contributed by atoms with Crippen molar-refractivity contribution in [1.29, 1.82) is 0 Å². The molecule has 1 unspecified atom stereocenters. The van der Waals surface area contributed by atoms with Crippen molar-refractivity contribution in [3.63, 3.8) is 0 Å². The summed E-state index contributed by atoms with van der Waals surface area (Å²) in [6.07, 6.45) is -2.43. The molecule has 2 aliphatic heterocycles. The van der Waals surface area contributed by atoms with Gasteiger partial charge >= 0.3 is 23.9 Å². The minimum absolute atomic E-state index is 0.000509. The molecule has 10 atom stereocenters. The van der Waals surface area contributed by atoms with Gasteiger partial charge in [0.2, 0.25) is 0 Å². The molecule has 0 saturated carbocycles. The van der Waals surface area contributed by atoms with Gasteiger partial charge in [-0.05, 0) is 26.7 Å². The summed E-state index contributed by atoms with van der Waals surface area (Å²) in [5, 5.41) is 0. The maximum atomic E-state index is 12.7. The van der Waals surface area contributed by atoms with Crippen LogP contribution in [0.3, 0.4) is 0 Å². The largest absolute Gasteiger partial charge is 0.458 e. The van der Waals surface area contributed by atoms with Gasteiger partial charge in [0.15, 0.2) is 27.5 Å². The van der Waals surface area contributed by atoms with Gasteiger partial charge in [0.1, 0.15) is 12.2 Å². The molecule has 13 heteroatoms. The second-order valence-corrected chi connectivity index (χ2v) is 13.1. The number of sulfone groups is 1. The number of ether oxygens (including phenoxy) is 6. The lowest BCUT2D eigenvalue weighted by molar-refractivity contribution is -0.220. The van der Waals surface area contributed by atoms with Gasteiger partial charge in [-0.3, -0.25) is 19.2 Å². The van der Waals surface area contributed by atoms with Gasteiger partial charge in [0.05, 0.1) is 24.1 Å².